The number of aromatic amines is 1. The van der Waals surface area contributed by atoms with Gasteiger partial charge in [-0.05, 0) is 13.8 Å². The molecule has 0 aliphatic carbocycles. The lowest BCUT2D eigenvalue weighted by atomic mass is 10.2. The van der Waals surface area contributed by atoms with Crippen molar-refractivity contribution in [3.63, 3.8) is 0 Å². The average Bonchev–Trinajstić information content (AvgIpc) is 2.60. The fourth-order valence-electron chi connectivity index (χ4n) is 1.41. The van der Waals surface area contributed by atoms with Gasteiger partial charge in [0.15, 0.2) is 6.29 Å². The molecule has 0 fully saturated rings. The minimum Gasteiger partial charge on any atom is -0.354 e. The van der Waals surface area contributed by atoms with Crippen LogP contribution in [0.1, 0.15) is 21.7 Å². The van der Waals surface area contributed by atoms with Crippen LogP contribution in [0.3, 0.4) is 0 Å². The monoisotopic (exact) mass is 227 g/mol. The number of nitrogens with zero attached hydrogens (tertiary/aromatic N) is 1. The van der Waals surface area contributed by atoms with Crippen molar-refractivity contribution in [1.82, 2.24) is 15.5 Å². The summed E-state index contributed by atoms with van der Waals surface area (Å²) in [6, 6.07) is 0. The molecule has 0 aliphatic rings. The van der Waals surface area contributed by atoms with Crippen molar-refractivity contribution < 1.29 is 14.3 Å². The molecule has 0 spiro atoms. The second kappa shape index (κ2) is 5.62. The number of aromatic nitrogens is 2. The summed E-state index contributed by atoms with van der Waals surface area (Å²) in [5.74, 6) is -0.178. The van der Waals surface area contributed by atoms with Gasteiger partial charge >= 0.3 is 0 Å². The number of hydrogen-bond donors (Lipinski definition) is 2. The Morgan fingerprint density at radius 3 is 2.50 bits per heavy atom. The maximum atomic E-state index is 11.8. The quantitative estimate of drug-likeness (QED) is 0.713. The van der Waals surface area contributed by atoms with Crippen molar-refractivity contribution >= 4 is 5.91 Å². The van der Waals surface area contributed by atoms with Crippen molar-refractivity contribution in [1.29, 1.82) is 0 Å². The third-order valence-corrected chi connectivity index (χ3v) is 2.31. The maximum Gasteiger partial charge on any atom is 0.255 e. The van der Waals surface area contributed by atoms with E-state index in [0.29, 0.717) is 17.8 Å². The molecule has 0 saturated heterocycles. The summed E-state index contributed by atoms with van der Waals surface area (Å²) in [6.45, 7) is 3.89. The van der Waals surface area contributed by atoms with Gasteiger partial charge in [-0.25, -0.2) is 0 Å². The van der Waals surface area contributed by atoms with E-state index in [-0.39, 0.29) is 5.91 Å². The summed E-state index contributed by atoms with van der Waals surface area (Å²) in [5.41, 5.74) is 2.01. The zero-order chi connectivity index (χ0) is 12.1. The van der Waals surface area contributed by atoms with Gasteiger partial charge in [0.05, 0.1) is 17.8 Å². The second-order valence-corrected chi connectivity index (χ2v) is 3.42. The van der Waals surface area contributed by atoms with Gasteiger partial charge in [-0.2, -0.15) is 5.10 Å². The number of amides is 1. The van der Waals surface area contributed by atoms with Crippen molar-refractivity contribution in [3.05, 3.63) is 17.0 Å². The zero-order valence-corrected chi connectivity index (χ0v) is 9.96. The minimum atomic E-state index is -0.434. The van der Waals surface area contributed by atoms with Gasteiger partial charge < -0.3 is 14.8 Å². The summed E-state index contributed by atoms with van der Waals surface area (Å²) in [4.78, 5) is 11.8. The Kier molecular flexibility index (Phi) is 4.45. The highest BCUT2D eigenvalue weighted by Crippen LogP contribution is 2.08. The van der Waals surface area contributed by atoms with Gasteiger partial charge in [0.2, 0.25) is 0 Å². The highest BCUT2D eigenvalue weighted by atomic mass is 16.7. The maximum absolute atomic E-state index is 11.8. The van der Waals surface area contributed by atoms with Gasteiger partial charge in [0.1, 0.15) is 0 Å². The molecule has 1 aromatic heterocycles. The first-order chi connectivity index (χ1) is 7.60. The molecular formula is C10H17N3O3. The number of hydrogen-bond acceptors (Lipinski definition) is 4. The van der Waals surface area contributed by atoms with Crippen LogP contribution in [0, 0.1) is 13.8 Å². The van der Waals surface area contributed by atoms with Crippen LogP contribution >= 0.6 is 0 Å². The minimum absolute atomic E-state index is 0.178. The molecule has 6 heteroatoms. The van der Waals surface area contributed by atoms with Gasteiger partial charge in [-0.3, -0.25) is 9.89 Å². The Bertz CT molecular complexity index is 339. The molecule has 0 aliphatic heterocycles. The molecule has 0 aromatic carbocycles. The lowest BCUT2D eigenvalue weighted by Crippen LogP contribution is -2.34. The Hall–Kier alpha value is -1.40. The molecule has 0 atom stereocenters. The molecule has 1 amide bonds. The lowest BCUT2D eigenvalue weighted by molar-refractivity contribution is -0.0974. The van der Waals surface area contributed by atoms with E-state index in [1.165, 1.54) is 14.2 Å². The number of H-pyrrole nitrogens is 1. The second-order valence-electron chi connectivity index (χ2n) is 3.42. The van der Waals surface area contributed by atoms with Crippen LogP contribution < -0.4 is 5.32 Å². The van der Waals surface area contributed by atoms with Gasteiger partial charge in [0.25, 0.3) is 5.91 Å². The van der Waals surface area contributed by atoms with Crippen LogP contribution in [0.25, 0.3) is 0 Å². The predicted molar refractivity (Wildman–Crippen MR) is 58.2 cm³/mol. The zero-order valence-electron chi connectivity index (χ0n) is 9.96. The molecular weight excluding hydrogens is 210 g/mol. The first-order valence-electron chi connectivity index (χ1n) is 4.95. The summed E-state index contributed by atoms with van der Waals surface area (Å²) in [7, 11) is 3.04. The molecule has 6 nitrogen and oxygen atoms in total. The Labute approximate surface area is 94.3 Å². The van der Waals surface area contributed by atoms with Crippen LogP contribution in [0.15, 0.2) is 0 Å². The summed E-state index contributed by atoms with van der Waals surface area (Å²) in [6.07, 6.45) is -0.434. The average molecular weight is 227 g/mol. The van der Waals surface area contributed by atoms with Crippen molar-refractivity contribution in [2.45, 2.75) is 20.1 Å². The summed E-state index contributed by atoms with van der Waals surface area (Å²) >= 11 is 0. The number of nitrogens with one attached hydrogen (secondary N) is 2. The molecule has 0 radical (unpaired) electrons. The summed E-state index contributed by atoms with van der Waals surface area (Å²) in [5, 5.41) is 9.44. The summed E-state index contributed by atoms with van der Waals surface area (Å²) < 4.78 is 9.93. The molecule has 1 aromatic rings. The smallest absolute Gasteiger partial charge is 0.255 e. The molecule has 90 valence electrons. The number of aryl methyl sites for hydroxylation is 2. The number of carbonyl (C=O) groups is 1. The topological polar surface area (TPSA) is 76.2 Å². The predicted octanol–water partition coefficient (Wildman–Crippen LogP) is 0.375. The number of methoxy groups -OCH3 is 2. The fourth-order valence-corrected chi connectivity index (χ4v) is 1.41. The Morgan fingerprint density at radius 2 is 2.06 bits per heavy atom. The molecule has 16 heavy (non-hydrogen) atoms. The molecule has 1 heterocycles. The fraction of sp³-hybridized carbons (Fsp3) is 0.600. The van der Waals surface area contributed by atoms with Crippen LogP contribution in [-0.2, 0) is 9.47 Å². The van der Waals surface area contributed by atoms with Crippen molar-refractivity contribution in [2.75, 3.05) is 20.8 Å². The lowest BCUT2D eigenvalue weighted by Gasteiger charge is -2.13. The SMILES string of the molecule is COC(CNC(=O)c1c(C)n[nH]c1C)OC. The Morgan fingerprint density at radius 1 is 1.44 bits per heavy atom. The van der Waals surface area contributed by atoms with Crippen LogP contribution in [-0.4, -0.2) is 43.2 Å². The molecule has 1 rings (SSSR count). The van der Waals surface area contributed by atoms with E-state index in [1.54, 1.807) is 13.8 Å². The molecule has 0 bridgehead atoms. The third-order valence-electron chi connectivity index (χ3n) is 2.31. The standard InChI is InChI=1S/C10H17N3O3/c1-6-9(7(2)13-12-6)10(14)11-5-8(15-3)16-4/h8H,5H2,1-4H3,(H,11,14)(H,12,13). The third kappa shape index (κ3) is 2.80. The van der Waals surface area contributed by atoms with Crippen molar-refractivity contribution in [3.8, 4) is 0 Å². The largest absolute Gasteiger partial charge is 0.354 e. The number of carbonyl (C=O) groups excluding carboxylic acids is 1. The normalized spacial score (nSPS) is 10.8. The van der Waals surface area contributed by atoms with Gasteiger partial charge in [0, 0.05) is 19.9 Å². The first kappa shape index (κ1) is 12.7. The number of rotatable bonds is 5. The van der Waals surface area contributed by atoms with Crippen LogP contribution in [0.2, 0.25) is 0 Å². The number of ether oxygens (including phenoxy) is 2. The van der Waals surface area contributed by atoms with E-state index in [4.69, 9.17) is 9.47 Å². The van der Waals surface area contributed by atoms with E-state index in [9.17, 15) is 4.79 Å². The highest BCUT2D eigenvalue weighted by Gasteiger charge is 2.16. The molecule has 0 saturated carbocycles. The van der Waals surface area contributed by atoms with Gasteiger partial charge in [-0.1, -0.05) is 0 Å². The highest BCUT2D eigenvalue weighted by molar-refractivity contribution is 5.96. The first-order valence-corrected chi connectivity index (χ1v) is 4.95. The van der Waals surface area contributed by atoms with E-state index in [2.05, 4.69) is 15.5 Å². The van der Waals surface area contributed by atoms with Crippen LogP contribution in [0.4, 0.5) is 0 Å². The van der Waals surface area contributed by atoms with E-state index >= 15 is 0 Å². The molecule has 0 unspecified atom stereocenters. The Balaban J connectivity index is 2.59. The van der Waals surface area contributed by atoms with Crippen molar-refractivity contribution in [2.24, 2.45) is 0 Å². The van der Waals surface area contributed by atoms with Gasteiger partial charge in [-0.15, -0.1) is 0 Å². The van der Waals surface area contributed by atoms with E-state index < -0.39 is 6.29 Å². The van der Waals surface area contributed by atoms with E-state index in [1.807, 2.05) is 0 Å². The molecule has 2 N–H and O–H groups in total. The van der Waals surface area contributed by atoms with E-state index in [0.717, 1.165) is 5.69 Å². The van der Waals surface area contributed by atoms with Crippen LogP contribution in [0.5, 0.6) is 0 Å².